The lowest BCUT2D eigenvalue weighted by molar-refractivity contribution is -0.124. The number of hydrogen-bond acceptors (Lipinski definition) is 3. The third-order valence-electron chi connectivity index (χ3n) is 2.15. The molecule has 3 N–H and O–H groups in total. The Bertz CT molecular complexity index is 214. The molecule has 1 atom stereocenters. The van der Waals surface area contributed by atoms with Crippen molar-refractivity contribution in [3.8, 4) is 0 Å². The van der Waals surface area contributed by atoms with Gasteiger partial charge in [0.15, 0.2) is 0 Å². The van der Waals surface area contributed by atoms with E-state index in [-0.39, 0.29) is 13.1 Å². The third-order valence-corrected chi connectivity index (χ3v) is 2.15. The summed E-state index contributed by atoms with van der Waals surface area (Å²) in [5.41, 5.74) is 4.26. The summed E-state index contributed by atoms with van der Waals surface area (Å²) in [6.45, 7) is 3.80. The lowest BCUT2D eigenvalue weighted by atomic mass is 10.0. The number of carbonyl (C=O) groups is 1. The molecule has 0 aromatic heterocycles. The first-order chi connectivity index (χ1) is 6.81. The van der Waals surface area contributed by atoms with Crippen LogP contribution in [0.25, 0.3) is 0 Å². The number of likely N-dealkylation sites (N-methyl/N-ethyl adjacent to an activating group) is 2. The highest BCUT2D eigenvalue weighted by Crippen LogP contribution is 2.06. The molecule has 0 saturated heterocycles. The minimum atomic E-state index is -2.41. The van der Waals surface area contributed by atoms with E-state index in [1.54, 1.807) is 6.92 Å². The maximum Gasteiger partial charge on any atom is 0.251 e. The molecule has 0 aromatic rings. The van der Waals surface area contributed by atoms with Gasteiger partial charge in [0, 0.05) is 6.54 Å². The molecule has 0 bridgehead atoms. The van der Waals surface area contributed by atoms with Crippen LogP contribution in [-0.2, 0) is 4.79 Å². The number of rotatable bonds is 7. The highest BCUT2D eigenvalue weighted by Gasteiger charge is 2.31. The number of halogens is 2. The van der Waals surface area contributed by atoms with Crippen LogP contribution in [0.15, 0.2) is 0 Å². The summed E-state index contributed by atoms with van der Waals surface area (Å²) in [7, 11) is 1.53. The van der Waals surface area contributed by atoms with Crippen molar-refractivity contribution in [3.05, 3.63) is 0 Å². The van der Waals surface area contributed by atoms with Crippen LogP contribution in [0.1, 0.15) is 13.8 Å². The van der Waals surface area contributed by atoms with Gasteiger partial charge < -0.3 is 11.1 Å². The van der Waals surface area contributed by atoms with E-state index in [0.717, 1.165) is 0 Å². The Hall–Kier alpha value is -0.750. The van der Waals surface area contributed by atoms with E-state index in [1.165, 1.54) is 11.9 Å². The van der Waals surface area contributed by atoms with Crippen molar-refractivity contribution in [2.45, 2.75) is 25.8 Å². The standard InChI is InChI=1S/C9H19F2N3O/c1-4-13-9(2,8(12)15)6-14(3)5-7(10)11/h7,13H,4-6H2,1-3H3,(H2,12,15). The van der Waals surface area contributed by atoms with Gasteiger partial charge in [-0.1, -0.05) is 6.92 Å². The van der Waals surface area contributed by atoms with Gasteiger partial charge in [0.2, 0.25) is 5.91 Å². The van der Waals surface area contributed by atoms with Crippen molar-refractivity contribution in [1.29, 1.82) is 0 Å². The van der Waals surface area contributed by atoms with E-state index in [1.807, 2.05) is 6.92 Å². The number of nitrogens with zero attached hydrogens (tertiary/aromatic N) is 1. The molecule has 15 heavy (non-hydrogen) atoms. The molecule has 6 heteroatoms. The fraction of sp³-hybridized carbons (Fsp3) is 0.889. The first-order valence-electron chi connectivity index (χ1n) is 4.83. The van der Waals surface area contributed by atoms with E-state index >= 15 is 0 Å². The summed E-state index contributed by atoms with van der Waals surface area (Å²) in [4.78, 5) is 12.6. The summed E-state index contributed by atoms with van der Waals surface area (Å²) in [5.74, 6) is -0.537. The van der Waals surface area contributed by atoms with Gasteiger partial charge in [-0.15, -0.1) is 0 Å². The molecular weight excluding hydrogens is 204 g/mol. The Morgan fingerprint density at radius 1 is 1.60 bits per heavy atom. The molecule has 0 fully saturated rings. The monoisotopic (exact) mass is 223 g/mol. The molecule has 1 unspecified atom stereocenters. The number of nitrogens with one attached hydrogen (secondary N) is 1. The zero-order chi connectivity index (χ0) is 12.1. The zero-order valence-corrected chi connectivity index (χ0v) is 9.39. The van der Waals surface area contributed by atoms with E-state index in [4.69, 9.17) is 5.73 Å². The van der Waals surface area contributed by atoms with Crippen LogP contribution in [-0.4, -0.2) is 49.5 Å². The Balaban J connectivity index is 4.34. The summed E-state index contributed by atoms with van der Waals surface area (Å²) in [6.07, 6.45) is -2.41. The van der Waals surface area contributed by atoms with Crippen LogP contribution in [0, 0.1) is 0 Å². The van der Waals surface area contributed by atoms with E-state index in [0.29, 0.717) is 6.54 Å². The van der Waals surface area contributed by atoms with Gasteiger partial charge in [-0.2, -0.15) is 0 Å². The Morgan fingerprint density at radius 2 is 2.13 bits per heavy atom. The van der Waals surface area contributed by atoms with E-state index in [2.05, 4.69) is 5.32 Å². The highest BCUT2D eigenvalue weighted by atomic mass is 19.3. The number of amides is 1. The largest absolute Gasteiger partial charge is 0.368 e. The molecule has 4 nitrogen and oxygen atoms in total. The number of carbonyl (C=O) groups excluding carboxylic acids is 1. The average molecular weight is 223 g/mol. The summed E-state index contributed by atoms with van der Waals surface area (Å²) in [5, 5.41) is 2.90. The average Bonchev–Trinajstić information content (AvgIpc) is 2.01. The van der Waals surface area contributed by atoms with Crippen LogP contribution < -0.4 is 11.1 Å². The van der Waals surface area contributed by atoms with Crippen LogP contribution in [0.3, 0.4) is 0 Å². The number of hydrogen-bond donors (Lipinski definition) is 2. The highest BCUT2D eigenvalue weighted by molar-refractivity contribution is 5.84. The molecule has 90 valence electrons. The van der Waals surface area contributed by atoms with E-state index in [9.17, 15) is 13.6 Å². The third kappa shape index (κ3) is 5.03. The predicted molar refractivity (Wildman–Crippen MR) is 54.8 cm³/mol. The smallest absolute Gasteiger partial charge is 0.251 e. The van der Waals surface area contributed by atoms with Crippen molar-refractivity contribution >= 4 is 5.91 Å². The molecule has 0 heterocycles. The Kier molecular flexibility index (Phi) is 5.67. The molecule has 0 rings (SSSR count). The van der Waals surface area contributed by atoms with Crippen molar-refractivity contribution in [2.24, 2.45) is 5.73 Å². The lowest BCUT2D eigenvalue weighted by Gasteiger charge is -2.31. The molecule has 0 saturated carbocycles. The number of primary amides is 1. The molecule has 1 amide bonds. The van der Waals surface area contributed by atoms with Gasteiger partial charge in [-0.05, 0) is 20.5 Å². The molecule has 0 aliphatic rings. The topological polar surface area (TPSA) is 58.4 Å². The first-order valence-corrected chi connectivity index (χ1v) is 4.83. The number of alkyl halides is 2. The summed E-state index contributed by atoms with van der Waals surface area (Å²) in [6, 6.07) is 0. The molecule has 0 aliphatic heterocycles. The SMILES string of the molecule is CCNC(C)(CN(C)CC(F)F)C(N)=O. The normalized spacial score (nSPS) is 15.7. The molecule has 0 radical (unpaired) electrons. The second kappa shape index (κ2) is 5.97. The van der Waals surface area contributed by atoms with Crippen molar-refractivity contribution < 1.29 is 13.6 Å². The molecule has 0 aliphatic carbocycles. The quantitative estimate of drug-likeness (QED) is 0.640. The van der Waals surface area contributed by atoms with Crippen LogP contribution in [0.5, 0.6) is 0 Å². The van der Waals surface area contributed by atoms with Crippen LogP contribution in [0.4, 0.5) is 8.78 Å². The van der Waals surface area contributed by atoms with Gasteiger partial charge in [0.1, 0.15) is 5.54 Å². The van der Waals surface area contributed by atoms with E-state index < -0.39 is 17.9 Å². The second-order valence-electron chi connectivity index (χ2n) is 3.81. The Labute approximate surface area is 88.8 Å². The first kappa shape index (κ1) is 14.2. The summed E-state index contributed by atoms with van der Waals surface area (Å²) < 4.78 is 24.1. The molecule has 0 spiro atoms. The number of nitrogens with two attached hydrogens (primary N) is 1. The lowest BCUT2D eigenvalue weighted by Crippen LogP contribution is -2.59. The molecule has 0 aromatic carbocycles. The fourth-order valence-electron chi connectivity index (χ4n) is 1.45. The zero-order valence-electron chi connectivity index (χ0n) is 9.39. The van der Waals surface area contributed by atoms with Crippen LogP contribution >= 0.6 is 0 Å². The minimum Gasteiger partial charge on any atom is -0.368 e. The summed E-state index contributed by atoms with van der Waals surface area (Å²) >= 11 is 0. The van der Waals surface area contributed by atoms with Gasteiger partial charge in [-0.3, -0.25) is 9.69 Å². The van der Waals surface area contributed by atoms with Crippen molar-refractivity contribution in [3.63, 3.8) is 0 Å². The predicted octanol–water partition coefficient (Wildman–Crippen LogP) is 0.0368. The van der Waals surface area contributed by atoms with Crippen molar-refractivity contribution in [2.75, 3.05) is 26.7 Å². The maximum absolute atomic E-state index is 12.1. The fourth-order valence-corrected chi connectivity index (χ4v) is 1.45. The Morgan fingerprint density at radius 3 is 2.47 bits per heavy atom. The van der Waals surface area contributed by atoms with Crippen molar-refractivity contribution in [1.82, 2.24) is 10.2 Å². The molecular formula is C9H19F2N3O. The van der Waals surface area contributed by atoms with Gasteiger partial charge in [-0.25, -0.2) is 8.78 Å². The van der Waals surface area contributed by atoms with Gasteiger partial charge in [0.25, 0.3) is 6.43 Å². The maximum atomic E-state index is 12.1. The second-order valence-corrected chi connectivity index (χ2v) is 3.81. The minimum absolute atomic E-state index is 0.167. The van der Waals surface area contributed by atoms with Crippen LogP contribution in [0.2, 0.25) is 0 Å². The van der Waals surface area contributed by atoms with Gasteiger partial charge >= 0.3 is 0 Å². The van der Waals surface area contributed by atoms with Gasteiger partial charge in [0.05, 0.1) is 6.54 Å².